The zero-order valence-corrected chi connectivity index (χ0v) is 13.8. The molecule has 0 radical (unpaired) electrons. The third-order valence-electron chi connectivity index (χ3n) is 3.49. The van der Waals surface area contributed by atoms with Crippen molar-refractivity contribution in [3.63, 3.8) is 0 Å². The molecule has 2 aromatic rings. The maximum absolute atomic E-state index is 12.7. The van der Waals surface area contributed by atoms with Gasteiger partial charge in [-0.05, 0) is 6.08 Å². The molecule has 8 nitrogen and oxygen atoms in total. The molecule has 1 N–H and O–H groups in total. The van der Waals surface area contributed by atoms with Crippen LogP contribution < -0.4 is 11.2 Å². The van der Waals surface area contributed by atoms with Crippen LogP contribution in [-0.4, -0.2) is 31.9 Å². The first-order valence-corrected chi connectivity index (χ1v) is 7.32. The molecular formula is C15H15F3N4O4. The summed E-state index contributed by atoms with van der Waals surface area (Å²) in [5, 5.41) is 5.19. The van der Waals surface area contributed by atoms with Crippen molar-refractivity contribution in [1.29, 1.82) is 0 Å². The van der Waals surface area contributed by atoms with Crippen molar-refractivity contribution in [3.8, 4) is 0 Å². The summed E-state index contributed by atoms with van der Waals surface area (Å²) in [6, 6.07) is 0. The fourth-order valence-corrected chi connectivity index (χ4v) is 2.16. The molecule has 2 rings (SSSR count). The first-order chi connectivity index (χ1) is 12.1. The molecular weight excluding hydrogens is 357 g/mol. The number of aryl methyl sites for hydroxylation is 1. The molecule has 0 unspecified atom stereocenters. The number of nitrogens with zero attached hydrogens (tertiary/aromatic N) is 3. The van der Waals surface area contributed by atoms with E-state index in [1.54, 1.807) is 0 Å². The first-order valence-electron chi connectivity index (χ1n) is 7.32. The number of aromatic nitrogens is 4. The Labute approximate surface area is 144 Å². The second-order valence-electron chi connectivity index (χ2n) is 5.36. The highest BCUT2D eigenvalue weighted by Crippen LogP contribution is 2.30. The molecule has 0 amide bonds. The minimum atomic E-state index is -4.57. The van der Waals surface area contributed by atoms with Crippen LogP contribution >= 0.6 is 0 Å². The number of aromatic amines is 1. The third kappa shape index (κ3) is 4.29. The molecule has 0 aromatic carbocycles. The molecule has 0 spiro atoms. The third-order valence-corrected chi connectivity index (χ3v) is 3.49. The van der Waals surface area contributed by atoms with E-state index >= 15 is 0 Å². The zero-order valence-electron chi connectivity index (χ0n) is 13.8. The minimum Gasteiger partial charge on any atom is -0.462 e. The standard InChI is InChI=1S/C15H15F3N4O4/c1-21-8-10(13(24)22(2)14(21)25)3-4-11(23)26-6-5-9-7-19-20-12(9)15(16,17)18/h3-4,7-8H,5-6H2,1-2H3,(H,19,20)/b4-3+. The van der Waals surface area contributed by atoms with Crippen LogP contribution in [0, 0.1) is 0 Å². The van der Waals surface area contributed by atoms with Crippen molar-refractivity contribution in [2.45, 2.75) is 12.6 Å². The Balaban J connectivity index is 1.98. The van der Waals surface area contributed by atoms with Gasteiger partial charge in [0.2, 0.25) is 0 Å². The molecule has 0 saturated heterocycles. The van der Waals surface area contributed by atoms with Crippen LogP contribution in [0.25, 0.3) is 6.08 Å². The van der Waals surface area contributed by atoms with Crippen molar-refractivity contribution in [3.05, 3.63) is 56.1 Å². The van der Waals surface area contributed by atoms with Gasteiger partial charge < -0.3 is 9.30 Å². The summed E-state index contributed by atoms with van der Waals surface area (Å²) in [6.45, 7) is -0.295. The number of halogens is 3. The van der Waals surface area contributed by atoms with Gasteiger partial charge in [0.15, 0.2) is 0 Å². The number of H-pyrrole nitrogens is 1. The second kappa shape index (κ2) is 7.42. The average molecular weight is 372 g/mol. The zero-order chi connectivity index (χ0) is 19.5. The van der Waals surface area contributed by atoms with Crippen LogP contribution in [-0.2, 0) is 36.2 Å². The largest absolute Gasteiger partial charge is 0.462 e. The average Bonchev–Trinajstić information content (AvgIpc) is 3.04. The van der Waals surface area contributed by atoms with Crippen molar-refractivity contribution >= 4 is 12.0 Å². The fraction of sp³-hybridized carbons (Fsp3) is 0.333. The van der Waals surface area contributed by atoms with E-state index in [9.17, 15) is 27.6 Å². The predicted molar refractivity (Wildman–Crippen MR) is 84.2 cm³/mol. The molecule has 0 bridgehead atoms. The Morgan fingerprint density at radius 3 is 2.69 bits per heavy atom. The van der Waals surface area contributed by atoms with Crippen LogP contribution in [0.1, 0.15) is 16.8 Å². The Bertz CT molecular complexity index is 953. The normalized spacial score (nSPS) is 11.9. The van der Waals surface area contributed by atoms with Gasteiger partial charge in [-0.15, -0.1) is 0 Å². The molecule has 0 fully saturated rings. The van der Waals surface area contributed by atoms with Gasteiger partial charge in [-0.1, -0.05) is 0 Å². The number of esters is 1. The highest BCUT2D eigenvalue weighted by atomic mass is 19.4. The van der Waals surface area contributed by atoms with Gasteiger partial charge >= 0.3 is 17.8 Å². The maximum atomic E-state index is 12.7. The van der Waals surface area contributed by atoms with E-state index in [0.717, 1.165) is 16.8 Å². The summed E-state index contributed by atoms with van der Waals surface area (Å²) in [4.78, 5) is 35.1. The fourth-order valence-electron chi connectivity index (χ4n) is 2.16. The molecule has 0 atom stereocenters. The number of alkyl halides is 3. The minimum absolute atomic E-state index is 0.0840. The molecule has 140 valence electrons. The summed E-state index contributed by atoms with van der Waals surface area (Å²) in [7, 11) is 2.74. The Morgan fingerprint density at radius 1 is 1.35 bits per heavy atom. The SMILES string of the molecule is Cn1cc(/C=C/C(=O)OCCc2cn[nH]c2C(F)(F)F)c(=O)n(C)c1=O. The van der Waals surface area contributed by atoms with Crippen molar-refractivity contribution in [2.75, 3.05) is 6.61 Å². The Morgan fingerprint density at radius 2 is 2.04 bits per heavy atom. The lowest BCUT2D eigenvalue weighted by atomic mass is 10.2. The lowest BCUT2D eigenvalue weighted by molar-refractivity contribution is -0.141. The van der Waals surface area contributed by atoms with Gasteiger partial charge in [0.1, 0.15) is 5.69 Å². The van der Waals surface area contributed by atoms with Crippen molar-refractivity contribution < 1.29 is 22.7 Å². The van der Waals surface area contributed by atoms with E-state index in [0.29, 0.717) is 0 Å². The van der Waals surface area contributed by atoms with Crippen LogP contribution in [0.2, 0.25) is 0 Å². The quantitative estimate of drug-likeness (QED) is 0.613. The van der Waals surface area contributed by atoms with Gasteiger partial charge in [-0.3, -0.25) is 14.5 Å². The number of rotatable bonds is 5. The van der Waals surface area contributed by atoms with E-state index in [2.05, 4.69) is 5.10 Å². The van der Waals surface area contributed by atoms with Gasteiger partial charge in [0.25, 0.3) is 5.56 Å². The van der Waals surface area contributed by atoms with Gasteiger partial charge in [-0.25, -0.2) is 9.59 Å². The van der Waals surface area contributed by atoms with Gasteiger partial charge in [0, 0.05) is 38.4 Å². The number of carbonyl (C=O) groups is 1. The van der Waals surface area contributed by atoms with Crippen molar-refractivity contribution in [2.24, 2.45) is 14.1 Å². The van der Waals surface area contributed by atoms with E-state index in [1.165, 1.54) is 30.9 Å². The molecule has 26 heavy (non-hydrogen) atoms. The van der Waals surface area contributed by atoms with Gasteiger partial charge in [0.05, 0.1) is 18.4 Å². The van der Waals surface area contributed by atoms with Crippen LogP contribution in [0.15, 0.2) is 28.1 Å². The van der Waals surface area contributed by atoms with Crippen LogP contribution in [0.3, 0.4) is 0 Å². The number of hydrogen-bond donors (Lipinski definition) is 1. The number of ether oxygens (including phenoxy) is 1. The lowest BCUT2D eigenvalue weighted by Crippen LogP contribution is -2.37. The number of carbonyl (C=O) groups excluding carboxylic acids is 1. The summed E-state index contributed by atoms with van der Waals surface area (Å²) < 4.78 is 44.8. The van der Waals surface area contributed by atoms with E-state index < -0.39 is 29.1 Å². The molecule has 0 saturated carbocycles. The predicted octanol–water partition coefficient (Wildman–Crippen LogP) is 0.625. The summed E-state index contributed by atoms with van der Waals surface area (Å²) in [5.41, 5.74) is -2.14. The Hall–Kier alpha value is -3.11. The van der Waals surface area contributed by atoms with E-state index in [1.807, 2.05) is 5.10 Å². The smallest absolute Gasteiger partial charge is 0.433 e. The topological polar surface area (TPSA) is 99.0 Å². The van der Waals surface area contributed by atoms with Crippen LogP contribution in [0.4, 0.5) is 13.2 Å². The second-order valence-corrected chi connectivity index (χ2v) is 5.36. The molecule has 0 aliphatic carbocycles. The maximum Gasteiger partial charge on any atom is 0.433 e. The summed E-state index contributed by atoms with van der Waals surface area (Å²) in [5.74, 6) is -0.835. The van der Waals surface area contributed by atoms with Crippen molar-refractivity contribution in [1.82, 2.24) is 19.3 Å². The highest BCUT2D eigenvalue weighted by molar-refractivity contribution is 5.86. The Kier molecular flexibility index (Phi) is 5.48. The highest BCUT2D eigenvalue weighted by Gasteiger charge is 2.35. The molecule has 11 heteroatoms. The summed E-state index contributed by atoms with van der Waals surface area (Å²) >= 11 is 0. The molecule has 2 aromatic heterocycles. The first kappa shape index (κ1) is 19.2. The molecule has 0 aliphatic rings. The van der Waals surface area contributed by atoms with Crippen LogP contribution in [0.5, 0.6) is 0 Å². The number of hydrogen-bond acceptors (Lipinski definition) is 5. The molecule has 2 heterocycles. The lowest BCUT2D eigenvalue weighted by Gasteiger charge is -2.07. The monoisotopic (exact) mass is 372 g/mol. The summed E-state index contributed by atoms with van der Waals surface area (Å²) in [6.07, 6.45) is -0.341. The number of nitrogens with one attached hydrogen (secondary N) is 1. The van der Waals surface area contributed by atoms with E-state index in [4.69, 9.17) is 4.74 Å². The molecule has 0 aliphatic heterocycles. The van der Waals surface area contributed by atoms with Gasteiger partial charge in [-0.2, -0.15) is 18.3 Å². The van der Waals surface area contributed by atoms with E-state index in [-0.39, 0.29) is 24.2 Å².